The SMILES string of the molecule is O=C1c2ccncc2C2(c3ccc(Cl)cc3)N1CCN2C(=O)C1Cc2ccccc2O1. The van der Waals surface area contributed by atoms with Gasteiger partial charge in [0.05, 0.1) is 5.56 Å². The van der Waals surface area contributed by atoms with Crippen LogP contribution in [0.1, 0.15) is 27.0 Å². The Labute approximate surface area is 184 Å². The van der Waals surface area contributed by atoms with Gasteiger partial charge < -0.3 is 14.5 Å². The third kappa shape index (κ3) is 2.42. The van der Waals surface area contributed by atoms with Crippen molar-refractivity contribution in [1.29, 1.82) is 0 Å². The molecule has 3 aliphatic rings. The molecular formula is C24H18ClN3O3. The maximum absolute atomic E-state index is 13.8. The van der Waals surface area contributed by atoms with Gasteiger partial charge >= 0.3 is 0 Å². The second kappa shape index (κ2) is 6.56. The summed E-state index contributed by atoms with van der Waals surface area (Å²) in [5.74, 6) is 0.499. The molecule has 0 bridgehead atoms. The van der Waals surface area contributed by atoms with Crippen molar-refractivity contribution < 1.29 is 14.3 Å². The van der Waals surface area contributed by atoms with E-state index >= 15 is 0 Å². The first-order chi connectivity index (χ1) is 15.1. The van der Waals surface area contributed by atoms with Crippen molar-refractivity contribution in [1.82, 2.24) is 14.8 Å². The number of halogens is 1. The molecule has 4 heterocycles. The third-order valence-corrected chi connectivity index (χ3v) is 6.69. The minimum atomic E-state index is -1.06. The molecule has 1 fully saturated rings. The maximum Gasteiger partial charge on any atom is 0.266 e. The largest absolute Gasteiger partial charge is 0.480 e. The minimum absolute atomic E-state index is 0.0988. The van der Waals surface area contributed by atoms with E-state index in [2.05, 4.69) is 4.98 Å². The molecular weight excluding hydrogens is 414 g/mol. The number of fused-ring (bicyclic) bond motifs is 4. The van der Waals surface area contributed by atoms with Crippen molar-refractivity contribution in [2.75, 3.05) is 13.1 Å². The van der Waals surface area contributed by atoms with Crippen molar-refractivity contribution in [3.05, 3.63) is 94.3 Å². The first kappa shape index (κ1) is 18.4. The van der Waals surface area contributed by atoms with Crippen molar-refractivity contribution in [2.24, 2.45) is 0 Å². The molecule has 0 spiro atoms. The Bertz CT molecular complexity index is 1200. The normalized spacial score (nSPS) is 23.4. The first-order valence-corrected chi connectivity index (χ1v) is 10.6. The molecule has 31 heavy (non-hydrogen) atoms. The molecule has 6 rings (SSSR count). The zero-order chi connectivity index (χ0) is 21.2. The van der Waals surface area contributed by atoms with Gasteiger partial charge in [-0.3, -0.25) is 14.6 Å². The average molecular weight is 432 g/mol. The predicted octanol–water partition coefficient (Wildman–Crippen LogP) is 3.24. The Balaban J connectivity index is 1.49. The number of carbonyl (C=O) groups excluding carboxylic acids is 2. The molecule has 0 aliphatic carbocycles. The van der Waals surface area contributed by atoms with Crippen molar-refractivity contribution >= 4 is 23.4 Å². The fourth-order valence-electron chi connectivity index (χ4n) is 5.13. The molecule has 1 aromatic heterocycles. The van der Waals surface area contributed by atoms with Crippen LogP contribution in [0, 0.1) is 0 Å². The summed E-state index contributed by atoms with van der Waals surface area (Å²) in [5.41, 5.74) is 2.04. The van der Waals surface area contributed by atoms with Crippen LogP contribution in [0.5, 0.6) is 5.75 Å². The van der Waals surface area contributed by atoms with E-state index in [-0.39, 0.29) is 11.8 Å². The number of hydrogen-bond donors (Lipinski definition) is 0. The Kier molecular flexibility index (Phi) is 3.89. The molecule has 154 valence electrons. The molecule has 2 unspecified atom stereocenters. The molecule has 7 heteroatoms. The predicted molar refractivity (Wildman–Crippen MR) is 114 cm³/mol. The van der Waals surface area contributed by atoms with E-state index in [9.17, 15) is 9.59 Å². The lowest BCUT2D eigenvalue weighted by atomic mass is 9.90. The molecule has 0 N–H and O–H groups in total. The standard InChI is InChI=1S/C24H18ClN3O3/c25-17-7-5-16(6-8-17)24-19-14-26-10-9-18(19)22(29)27(24)11-12-28(24)23(30)21-13-15-3-1-2-4-20(15)31-21/h1-10,14,21H,11-13H2. The second-order valence-corrected chi connectivity index (χ2v) is 8.40. The molecule has 6 nitrogen and oxygen atoms in total. The molecule has 3 aromatic rings. The van der Waals surface area contributed by atoms with Crippen molar-refractivity contribution in [2.45, 2.75) is 18.2 Å². The van der Waals surface area contributed by atoms with E-state index in [1.807, 2.05) is 36.4 Å². The highest BCUT2D eigenvalue weighted by atomic mass is 35.5. The summed E-state index contributed by atoms with van der Waals surface area (Å²) in [6.07, 6.45) is 3.18. The average Bonchev–Trinajstić information content (AvgIpc) is 3.46. The summed E-state index contributed by atoms with van der Waals surface area (Å²) in [5, 5.41) is 0.591. The van der Waals surface area contributed by atoms with Gasteiger partial charge in [0.2, 0.25) is 0 Å². The number of ether oxygens (including phenoxy) is 1. The number of amides is 2. The van der Waals surface area contributed by atoms with E-state index in [4.69, 9.17) is 16.3 Å². The van der Waals surface area contributed by atoms with Gasteiger partial charge in [0.1, 0.15) is 5.75 Å². The summed E-state index contributed by atoms with van der Waals surface area (Å²) in [6.45, 7) is 0.847. The number of para-hydroxylation sites is 1. The van der Waals surface area contributed by atoms with Crippen LogP contribution in [0.4, 0.5) is 0 Å². The molecule has 0 saturated carbocycles. The number of pyridine rings is 1. The number of hydrogen-bond acceptors (Lipinski definition) is 4. The van der Waals surface area contributed by atoms with Crippen LogP contribution >= 0.6 is 11.6 Å². The quantitative estimate of drug-likeness (QED) is 0.625. The van der Waals surface area contributed by atoms with E-state index in [0.717, 1.165) is 16.9 Å². The highest BCUT2D eigenvalue weighted by molar-refractivity contribution is 6.30. The van der Waals surface area contributed by atoms with Gasteiger partial charge in [-0.15, -0.1) is 0 Å². The van der Waals surface area contributed by atoms with Crippen molar-refractivity contribution in [3.8, 4) is 5.75 Å². The van der Waals surface area contributed by atoms with Gasteiger partial charge in [0, 0.05) is 48.1 Å². The maximum atomic E-state index is 13.8. The Morgan fingerprint density at radius 1 is 1.10 bits per heavy atom. The molecule has 2 atom stereocenters. The Morgan fingerprint density at radius 3 is 2.71 bits per heavy atom. The number of nitrogens with zero attached hydrogens (tertiary/aromatic N) is 3. The summed E-state index contributed by atoms with van der Waals surface area (Å²) in [4.78, 5) is 35.0. The Hall–Kier alpha value is -3.38. The number of aromatic nitrogens is 1. The van der Waals surface area contributed by atoms with Gasteiger partial charge in [-0.2, -0.15) is 0 Å². The van der Waals surface area contributed by atoms with Crippen LogP contribution in [0.25, 0.3) is 0 Å². The lowest BCUT2D eigenvalue weighted by Gasteiger charge is -2.41. The van der Waals surface area contributed by atoms with Gasteiger partial charge in [0.15, 0.2) is 11.8 Å². The summed E-state index contributed by atoms with van der Waals surface area (Å²) >= 11 is 6.15. The molecule has 0 radical (unpaired) electrons. The van der Waals surface area contributed by atoms with E-state index in [1.165, 1.54) is 0 Å². The highest BCUT2D eigenvalue weighted by Gasteiger charge is 2.60. The number of benzene rings is 2. The van der Waals surface area contributed by atoms with E-state index in [0.29, 0.717) is 35.7 Å². The third-order valence-electron chi connectivity index (χ3n) is 6.44. The second-order valence-electron chi connectivity index (χ2n) is 7.97. The monoisotopic (exact) mass is 431 g/mol. The summed E-state index contributed by atoms with van der Waals surface area (Å²) in [7, 11) is 0. The van der Waals surface area contributed by atoms with Crippen LogP contribution in [0.2, 0.25) is 5.02 Å². The lowest BCUT2D eigenvalue weighted by Crippen LogP contribution is -2.54. The van der Waals surface area contributed by atoms with Crippen molar-refractivity contribution in [3.63, 3.8) is 0 Å². The van der Waals surface area contributed by atoms with Gasteiger partial charge in [-0.25, -0.2) is 0 Å². The molecule has 2 amide bonds. The summed E-state index contributed by atoms with van der Waals surface area (Å²) < 4.78 is 6.01. The zero-order valence-corrected chi connectivity index (χ0v) is 17.2. The highest BCUT2D eigenvalue weighted by Crippen LogP contribution is 2.50. The van der Waals surface area contributed by atoms with Gasteiger partial charge in [-0.05, 0) is 29.8 Å². The lowest BCUT2D eigenvalue weighted by molar-refractivity contribution is -0.143. The van der Waals surface area contributed by atoms with Crippen LogP contribution in [0.15, 0.2) is 67.0 Å². The zero-order valence-electron chi connectivity index (χ0n) is 16.5. The first-order valence-electron chi connectivity index (χ1n) is 10.2. The minimum Gasteiger partial charge on any atom is -0.480 e. The van der Waals surface area contributed by atoms with Crippen LogP contribution in [-0.2, 0) is 16.9 Å². The topological polar surface area (TPSA) is 62.7 Å². The fraction of sp³-hybridized carbons (Fsp3) is 0.208. The van der Waals surface area contributed by atoms with Gasteiger partial charge in [0.25, 0.3) is 11.8 Å². The van der Waals surface area contributed by atoms with Crippen LogP contribution in [0.3, 0.4) is 0 Å². The number of rotatable bonds is 2. The molecule has 3 aliphatic heterocycles. The molecule has 1 saturated heterocycles. The number of carbonyl (C=O) groups is 2. The van der Waals surface area contributed by atoms with Crippen LogP contribution < -0.4 is 4.74 Å². The van der Waals surface area contributed by atoms with E-state index < -0.39 is 11.8 Å². The smallest absolute Gasteiger partial charge is 0.266 e. The van der Waals surface area contributed by atoms with E-state index in [1.54, 1.807) is 40.4 Å². The Morgan fingerprint density at radius 2 is 1.90 bits per heavy atom. The fourth-order valence-corrected chi connectivity index (χ4v) is 5.25. The van der Waals surface area contributed by atoms with Gasteiger partial charge in [-0.1, -0.05) is 41.9 Å². The summed E-state index contributed by atoms with van der Waals surface area (Å²) in [6, 6.07) is 16.7. The van der Waals surface area contributed by atoms with Crippen LogP contribution in [-0.4, -0.2) is 45.8 Å². The molecule has 2 aromatic carbocycles.